The van der Waals surface area contributed by atoms with E-state index in [0.29, 0.717) is 12.0 Å². The van der Waals surface area contributed by atoms with Crippen molar-refractivity contribution < 1.29 is 9.53 Å². The highest BCUT2D eigenvalue weighted by Gasteiger charge is 2.57. The first kappa shape index (κ1) is 21.0. The van der Waals surface area contributed by atoms with E-state index in [-0.39, 0.29) is 22.8 Å². The molecule has 0 unspecified atom stereocenters. The summed E-state index contributed by atoms with van der Waals surface area (Å²) in [5.41, 5.74) is 5.24. The zero-order valence-electron chi connectivity index (χ0n) is 20.0. The summed E-state index contributed by atoms with van der Waals surface area (Å²) in [6.45, 7) is 10.1. The number of ether oxygens (including phenoxy) is 1. The van der Waals surface area contributed by atoms with E-state index in [2.05, 4.69) is 56.3 Å². The zero-order valence-corrected chi connectivity index (χ0v) is 20.0. The van der Waals surface area contributed by atoms with Gasteiger partial charge in [0.25, 0.3) is 0 Å². The molecule has 1 aromatic heterocycles. The van der Waals surface area contributed by atoms with Crippen LogP contribution in [0.2, 0.25) is 0 Å². The Labute approximate surface area is 186 Å². The van der Waals surface area contributed by atoms with Crippen LogP contribution in [0.25, 0.3) is 11.0 Å². The molecule has 5 rings (SSSR count). The van der Waals surface area contributed by atoms with Gasteiger partial charge in [0.05, 0.1) is 17.1 Å². The Morgan fingerprint density at radius 2 is 1.87 bits per heavy atom. The number of fused-ring (bicyclic) bond motifs is 5. The molecule has 5 heteroatoms. The predicted molar refractivity (Wildman–Crippen MR) is 123 cm³/mol. The molecule has 1 saturated carbocycles. The Morgan fingerprint density at radius 1 is 1.16 bits per heavy atom. The number of methoxy groups -OCH3 is 1. The van der Waals surface area contributed by atoms with Gasteiger partial charge in [0, 0.05) is 38.1 Å². The smallest absolute Gasteiger partial charge is 0.225 e. The average molecular weight is 424 g/mol. The summed E-state index contributed by atoms with van der Waals surface area (Å²) < 4.78 is 7.73. The van der Waals surface area contributed by atoms with Crippen molar-refractivity contribution in [3.05, 3.63) is 29.1 Å². The summed E-state index contributed by atoms with van der Waals surface area (Å²) in [6.07, 6.45) is 6.22. The second-order valence-corrected chi connectivity index (χ2v) is 11.0. The van der Waals surface area contributed by atoms with Gasteiger partial charge in [-0.3, -0.25) is 4.79 Å². The molecule has 2 atom stereocenters. The number of amides is 1. The highest BCUT2D eigenvalue weighted by atomic mass is 16.5. The van der Waals surface area contributed by atoms with Gasteiger partial charge in [-0.15, -0.1) is 0 Å². The topological polar surface area (TPSA) is 47.4 Å². The Kier molecular flexibility index (Phi) is 4.78. The molecule has 1 aliphatic heterocycles. The van der Waals surface area contributed by atoms with E-state index in [1.54, 1.807) is 7.11 Å². The van der Waals surface area contributed by atoms with Crippen LogP contribution in [0.5, 0.6) is 0 Å². The van der Waals surface area contributed by atoms with Gasteiger partial charge in [0.1, 0.15) is 5.82 Å². The van der Waals surface area contributed by atoms with Crippen molar-refractivity contribution in [1.82, 2.24) is 14.5 Å². The lowest BCUT2D eigenvalue weighted by Gasteiger charge is -2.61. The van der Waals surface area contributed by atoms with E-state index >= 15 is 0 Å². The molecule has 2 aromatic rings. The van der Waals surface area contributed by atoms with Crippen molar-refractivity contribution in [2.24, 2.45) is 18.4 Å². The normalized spacial score (nSPS) is 32.2. The summed E-state index contributed by atoms with van der Waals surface area (Å²) in [7, 11) is 3.90. The molecule has 2 bridgehead atoms. The molecule has 0 N–H and O–H groups in total. The van der Waals surface area contributed by atoms with Crippen molar-refractivity contribution >= 4 is 16.9 Å². The van der Waals surface area contributed by atoms with Gasteiger partial charge < -0.3 is 14.2 Å². The number of carbonyl (C=O) groups excluding carboxylic acids is 1. The van der Waals surface area contributed by atoms with E-state index in [9.17, 15) is 4.79 Å². The molecule has 1 amide bonds. The van der Waals surface area contributed by atoms with E-state index in [1.165, 1.54) is 16.6 Å². The fourth-order valence-electron chi connectivity index (χ4n) is 6.76. The second-order valence-electron chi connectivity index (χ2n) is 11.0. The number of likely N-dealkylation sites (tertiary alicyclic amines) is 1. The van der Waals surface area contributed by atoms with Crippen LogP contribution in [0.4, 0.5) is 0 Å². The maximum Gasteiger partial charge on any atom is 0.225 e. The lowest BCUT2D eigenvalue weighted by molar-refractivity contribution is -0.150. The number of nitrogens with zero attached hydrogens (tertiary/aromatic N) is 3. The van der Waals surface area contributed by atoms with Crippen molar-refractivity contribution in [2.45, 2.75) is 83.8 Å². The van der Waals surface area contributed by atoms with Crippen LogP contribution in [-0.4, -0.2) is 46.2 Å². The summed E-state index contributed by atoms with van der Waals surface area (Å²) in [5, 5.41) is 0. The molecule has 0 spiro atoms. The molecule has 5 nitrogen and oxygen atoms in total. The Balaban J connectivity index is 1.51. The lowest BCUT2D eigenvalue weighted by Crippen LogP contribution is -2.65. The Hall–Kier alpha value is -1.88. The quantitative estimate of drug-likeness (QED) is 0.713. The minimum Gasteiger partial charge on any atom is -0.381 e. The zero-order chi connectivity index (χ0) is 22.1. The maximum absolute atomic E-state index is 13.7. The minimum atomic E-state index is 0.0267. The lowest BCUT2D eigenvalue weighted by atomic mass is 9.51. The number of rotatable bonds is 2. The SMILES string of the molecule is COC1CCC(C(=O)N2CC[C@@]3(C)c4cc5c(cc4C[C@@H]2C3(C)C)nc(C)n5C)CC1. The van der Waals surface area contributed by atoms with Gasteiger partial charge in [0.15, 0.2) is 0 Å². The molecule has 2 fully saturated rings. The molecule has 1 aromatic carbocycles. The van der Waals surface area contributed by atoms with Crippen LogP contribution in [0, 0.1) is 18.3 Å². The number of carbonyl (C=O) groups is 1. The van der Waals surface area contributed by atoms with E-state index in [0.717, 1.165) is 56.4 Å². The highest BCUT2D eigenvalue weighted by Crippen LogP contribution is 2.56. The fourth-order valence-corrected chi connectivity index (χ4v) is 6.76. The van der Waals surface area contributed by atoms with Gasteiger partial charge in [-0.1, -0.05) is 20.8 Å². The van der Waals surface area contributed by atoms with Gasteiger partial charge in [-0.25, -0.2) is 4.98 Å². The van der Waals surface area contributed by atoms with Crippen LogP contribution in [0.1, 0.15) is 69.8 Å². The molecular weight excluding hydrogens is 386 g/mol. The average Bonchev–Trinajstić information content (AvgIpc) is 3.02. The predicted octanol–water partition coefficient (Wildman–Crippen LogP) is 4.53. The number of aromatic nitrogens is 2. The molecule has 168 valence electrons. The van der Waals surface area contributed by atoms with E-state index in [1.807, 2.05) is 0 Å². The number of hydrogen-bond donors (Lipinski definition) is 0. The Bertz CT molecular complexity index is 1030. The summed E-state index contributed by atoms with van der Waals surface area (Å²) in [4.78, 5) is 20.7. The van der Waals surface area contributed by atoms with Crippen molar-refractivity contribution in [1.29, 1.82) is 0 Å². The number of imidazole rings is 1. The van der Waals surface area contributed by atoms with Crippen molar-refractivity contribution in [2.75, 3.05) is 13.7 Å². The number of piperidine rings is 1. The fraction of sp³-hybridized carbons (Fsp3) is 0.692. The standard InChI is InChI=1S/C26H37N3O2/c1-16-27-21-13-18-14-23-25(2,3)26(4,20(18)15-22(21)28(16)5)11-12-29(23)24(30)17-7-9-19(31-6)10-8-17/h13,15,17,19,23H,7-12,14H2,1-6H3/t17?,19?,23-,26+/m1/s1. The molecule has 1 saturated heterocycles. The van der Waals surface area contributed by atoms with Gasteiger partial charge in [-0.05, 0) is 74.1 Å². The molecule has 31 heavy (non-hydrogen) atoms. The number of benzene rings is 1. The third kappa shape index (κ3) is 2.92. The van der Waals surface area contributed by atoms with Crippen LogP contribution < -0.4 is 0 Å². The first-order valence-electron chi connectivity index (χ1n) is 12.0. The van der Waals surface area contributed by atoms with Crippen LogP contribution in [0.3, 0.4) is 0 Å². The van der Waals surface area contributed by atoms with Crippen LogP contribution in [-0.2, 0) is 28.4 Å². The molecular formula is C26H37N3O2. The second kappa shape index (κ2) is 7.06. The van der Waals surface area contributed by atoms with Gasteiger partial charge in [-0.2, -0.15) is 0 Å². The summed E-state index contributed by atoms with van der Waals surface area (Å²) >= 11 is 0. The first-order valence-corrected chi connectivity index (χ1v) is 12.0. The molecule has 3 aliphatic rings. The van der Waals surface area contributed by atoms with E-state index in [4.69, 9.17) is 9.72 Å². The third-order valence-corrected chi connectivity index (χ3v) is 9.46. The monoisotopic (exact) mass is 423 g/mol. The molecule has 2 heterocycles. The summed E-state index contributed by atoms with van der Waals surface area (Å²) in [5.74, 6) is 1.59. The minimum absolute atomic E-state index is 0.0267. The third-order valence-electron chi connectivity index (χ3n) is 9.46. The first-order chi connectivity index (χ1) is 14.7. The number of hydrogen-bond acceptors (Lipinski definition) is 3. The summed E-state index contributed by atoms with van der Waals surface area (Å²) in [6, 6.07) is 4.94. The Morgan fingerprint density at radius 3 is 2.55 bits per heavy atom. The van der Waals surface area contributed by atoms with Gasteiger partial charge in [0.2, 0.25) is 5.91 Å². The molecule has 2 aliphatic carbocycles. The van der Waals surface area contributed by atoms with Crippen molar-refractivity contribution in [3.8, 4) is 0 Å². The number of aryl methyl sites for hydroxylation is 2. The maximum atomic E-state index is 13.7. The van der Waals surface area contributed by atoms with Crippen LogP contribution >= 0.6 is 0 Å². The highest BCUT2D eigenvalue weighted by molar-refractivity contribution is 5.81. The van der Waals surface area contributed by atoms with Gasteiger partial charge >= 0.3 is 0 Å². The van der Waals surface area contributed by atoms with Crippen molar-refractivity contribution in [3.63, 3.8) is 0 Å². The van der Waals surface area contributed by atoms with Crippen LogP contribution in [0.15, 0.2) is 12.1 Å². The molecule has 0 radical (unpaired) electrons. The van der Waals surface area contributed by atoms with E-state index < -0.39 is 0 Å². The largest absolute Gasteiger partial charge is 0.381 e.